The molecule has 0 aromatic carbocycles. The molecule has 0 saturated heterocycles. The van der Waals surface area contributed by atoms with Crippen LogP contribution in [0.1, 0.15) is 24.6 Å². The molecule has 1 fully saturated rings. The highest BCUT2D eigenvalue weighted by molar-refractivity contribution is 6.29. The van der Waals surface area contributed by atoms with Gasteiger partial charge in [-0.15, -0.1) is 0 Å². The lowest BCUT2D eigenvalue weighted by Gasteiger charge is -2.05. The lowest BCUT2D eigenvalue weighted by molar-refractivity contribution is 0.908. The number of nitrogens with zero attached hydrogens (tertiary/aromatic N) is 1. The average molecular weight is 226 g/mol. The Labute approximate surface area is 92.4 Å². The van der Waals surface area contributed by atoms with E-state index in [1.165, 1.54) is 6.07 Å². The van der Waals surface area contributed by atoms with Gasteiger partial charge in [-0.1, -0.05) is 18.2 Å². The van der Waals surface area contributed by atoms with E-state index in [-0.39, 0.29) is 5.56 Å². The second kappa shape index (κ2) is 4.06. The molecule has 1 aromatic heterocycles. The first-order valence-electron chi connectivity index (χ1n) is 4.83. The molecule has 1 aliphatic rings. The molecule has 0 unspecified atom stereocenters. The zero-order valence-electron chi connectivity index (χ0n) is 8.22. The predicted octanol–water partition coefficient (Wildman–Crippen LogP) is 1.81. The number of rotatable bonds is 4. The second-order valence-corrected chi connectivity index (χ2v) is 4.20. The maximum absolute atomic E-state index is 11.3. The first kappa shape index (κ1) is 10.2. The van der Waals surface area contributed by atoms with Crippen LogP contribution in [0.15, 0.2) is 22.5 Å². The quantitative estimate of drug-likeness (QED) is 0.822. The molecule has 4 nitrogen and oxygen atoms in total. The molecule has 0 amide bonds. The summed E-state index contributed by atoms with van der Waals surface area (Å²) >= 11 is 5.61. The van der Waals surface area contributed by atoms with Crippen LogP contribution < -0.4 is 10.9 Å². The van der Waals surface area contributed by atoms with Crippen LogP contribution in [0.5, 0.6) is 0 Å². The molecule has 2 N–H and O–H groups in total. The van der Waals surface area contributed by atoms with Crippen molar-refractivity contribution in [1.29, 1.82) is 0 Å². The Kier molecular flexibility index (Phi) is 2.77. The minimum atomic E-state index is -0.130. The highest BCUT2D eigenvalue weighted by Gasteiger charge is 2.26. The number of hydrogen-bond donors (Lipinski definition) is 2. The summed E-state index contributed by atoms with van der Waals surface area (Å²) in [6, 6.07) is 1.42. The van der Waals surface area contributed by atoms with Gasteiger partial charge in [-0.05, 0) is 12.8 Å². The molecule has 1 saturated carbocycles. The zero-order valence-corrected chi connectivity index (χ0v) is 8.97. The lowest BCUT2D eigenvalue weighted by Crippen LogP contribution is -2.13. The van der Waals surface area contributed by atoms with Gasteiger partial charge < -0.3 is 10.3 Å². The first-order valence-corrected chi connectivity index (χ1v) is 5.21. The third-order valence-corrected chi connectivity index (χ3v) is 2.32. The molecule has 15 heavy (non-hydrogen) atoms. The fourth-order valence-electron chi connectivity index (χ4n) is 1.30. The topological polar surface area (TPSA) is 57.8 Å². The van der Waals surface area contributed by atoms with Crippen molar-refractivity contribution in [3.8, 4) is 0 Å². The van der Waals surface area contributed by atoms with E-state index in [0.29, 0.717) is 23.3 Å². The molecule has 1 aliphatic carbocycles. The van der Waals surface area contributed by atoms with Crippen LogP contribution in [-0.4, -0.2) is 16.5 Å². The van der Waals surface area contributed by atoms with Crippen molar-refractivity contribution in [2.75, 3.05) is 11.9 Å². The van der Waals surface area contributed by atoms with E-state index < -0.39 is 0 Å². The number of anilines is 1. The van der Waals surface area contributed by atoms with Crippen LogP contribution in [0.4, 0.5) is 5.82 Å². The largest absolute Gasteiger partial charge is 0.365 e. The van der Waals surface area contributed by atoms with Gasteiger partial charge in [0.2, 0.25) is 0 Å². The summed E-state index contributed by atoms with van der Waals surface area (Å²) in [5.74, 6) is 1.76. The highest BCUT2D eigenvalue weighted by atomic mass is 35.5. The van der Waals surface area contributed by atoms with Crippen LogP contribution in [0, 0.1) is 0 Å². The molecule has 2 rings (SSSR count). The first-order chi connectivity index (χ1) is 7.15. The smallest absolute Gasteiger partial charge is 0.252 e. The summed E-state index contributed by atoms with van der Waals surface area (Å²) in [5, 5.41) is 3.44. The van der Waals surface area contributed by atoms with Crippen molar-refractivity contribution in [2.24, 2.45) is 0 Å². The zero-order chi connectivity index (χ0) is 10.8. The van der Waals surface area contributed by atoms with Crippen molar-refractivity contribution in [3.63, 3.8) is 0 Å². The van der Waals surface area contributed by atoms with Gasteiger partial charge in [0.1, 0.15) is 11.6 Å². The van der Waals surface area contributed by atoms with E-state index in [2.05, 4.69) is 21.9 Å². The van der Waals surface area contributed by atoms with Gasteiger partial charge in [-0.2, -0.15) is 0 Å². The van der Waals surface area contributed by atoms with Gasteiger partial charge in [0.25, 0.3) is 5.56 Å². The molecule has 1 heterocycles. The van der Waals surface area contributed by atoms with Gasteiger partial charge >= 0.3 is 0 Å². The van der Waals surface area contributed by atoms with Crippen molar-refractivity contribution in [1.82, 2.24) is 9.97 Å². The molecule has 80 valence electrons. The number of H-pyrrole nitrogens is 1. The van der Waals surface area contributed by atoms with Crippen LogP contribution >= 0.6 is 11.6 Å². The van der Waals surface area contributed by atoms with E-state index in [9.17, 15) is 4.79 Å². The molecule has 0 atom stereocenters. The standard InChI is InChI=1S/C10H12ClN3O/c1-6(11)5-12-8-4-9(15)14-10(13-8)7-2-3-7/h4,7H,1-3,5H2,(H2,12,13,14,15). The molecule has 0 aliphatic heterocycles. The van der Waals surface area contributed by atoms with Crippen molar-refractivity contribution in [2.45, 2.75) is 18.8 Å². The summed E-state index contributed by atoms with van der Waals surface area (Å²) in [7, 11) is 0. The van der Waals surface area contributed by atoms with Crippen LogP contribution in [0.25, 0.3) is 0 Å². The SMILES string of the molecule is C=C(Cl)CNc1cc(=O)[nH]c(C2CC2)n1. The summed E-state index contributed by atoms with van der Waals surface area (Å²) in [5.41, 5.74) is -0.130. The molecule has 0 bridgehead atoms. The Bertz CT molecular complexity index is 437. The molecule has 0 spiro atoms. The number of hydrogen-bond acceptors (Lipinski definition) is 3. The average Bonchev–Trinajstić information content (AvgIpc) is 2.97. The summed E-state index contributed by atoms with van der Waals surface area (Å²) < 4.78 is 0. The maximum Gasteiger partial charge on any atom is 0.252 e. The Morgan fingerprint density at radius 1 is 1.73 bits per heavy atom. The maximum atomic E-state index is 11.3. The number of halogens is 1. The van der Waals surface area contributed by atoms with Gasteiger partial charge in [-0.25, -0.2) is 4.98 Å². The highest BCUT2D eigenvalue weighted by Crippen LogP contribution is 2.37. The van der Waals surface area contributed by atoms with Crippen molar-refractivity contribution >= 4 is 17.4 Å². The third-order valence-electron chi connectivity index (χ3n) is 2.19. The Hall–Kier alpha value is -1.29. The predicted molar refractivity (Wildman–Crippen MR) is 60.3 cm³/mol. The van der Waals surface area contributed by atoms with Gasteiger partial charge in [-0.3, -0.25) is 4.79 Å². The van der Waals surface area contributed by atoms with E-state index in [4.69, 9.17) is 11.6 Å². The van der Waals surface area contributed by atoms with Crippen molar-refractivity contribution < 1.29 is 0 Å². The van der Waals surface area contributed by atoms with Crippen LogP contribution in [0.2, 0.25) is 0 Å². The fourth-order valence-corrected chi connectivity index (χ4v) is 1.37. The normalized spacial score (nSPS) is 15.0. The Morgan fingerprint density at radius 3 is 3.07 bits per heavy atom. The molecular weight excluding hydrogens is 214 g/mol. The van der Waals surface area contributed by atoms with E-state index >= 15 is 0 Å². The Balaban J connectivity index is 2.15. The van der Waals surface area contributed by atoms with E-state index in [1.807, 2.05) is 0 Å². The van der Waals surface area contributed by atoms with Crippen molar-refractivity contribution in [3.05, 3.63) is 33.9 Å². The van der Waals surface area contributed by atoms with Gasteiger partial charge in [0, 0.05) is 17.0 Å². The second-order valence-electron chi connectivity index (χ2n) is 3.66. The summed E-state index contributed by atoms with van der Waals surface area (Å²) in [4.78, 5) is 18.3. The molecular formula is C10H12ClN3O. The van der Waals surface area contributed by atoms with E-state index in [0.717, 1.165) is 18.7 Å². The lowest BCUT2D eigenvalue weighted by atomic mass is 10.4. The van der Waals surface area contributed by atoms with Crippen LogP contribution in [0.3, 0.4) is 0 Å². The minimum Gasteiger partial charge on any atom is -0.365 e. The molecule has 5 heteroatoms. The molecule has 0 radical (unpaired) electrons. The third kappa shape index (κ3) is 2.83. The van der Waals surface area contributed by atoms with Gasteiger partial charge in [0.05, 0.1) is 6.54 Å². The minimum absolute atomic E-state index is 0.130. The van der Waals surface area contributed by atoms with Gasteiger partial charge in [0.15, 0.2) is 0 Å². The monoisotopic (exact) mass is 225 g/mol. The Morgan fingerprint density at radius 2 is 2.47 bits per heavy atom. The number of aromatic nitrogens is 2. The summed E-state index contributed by atoms with van der Waals surface area (Å²) in [6.07, 6.45) is 2.21. The number of nitrogens with one attached hydrogen (secondary N) is 2. The molecule has 1 aromatic rings. The number of aromatic amines is 1. The van der Waals surface area contributed by atoms with E-state index in [1.54, 1.807) is 0 Å². The fraction of sp³-hybridized carbons (Fsp3) is 0.400. The van der Waals surface area contributed by atoms with Crippen LogP contribution in [-0.2, 0) is 0 Å². The summed E-state index contributed by atoms with van der Waals surface area (Å²) in [6.45, 7) is 3.97.